The van der Waals surface area contributed by atoms with Crippen LogP contribution in [0.4, 0.5) is 22.9 Å². The van der Waals surface area contributed by atoms with E-state index in [9.17, 15) is 14.4 Å². The SMILES string of the molecule is COC(=O)c1cc2c(cc1C(=O)OC)N1CC[C@H](N3CCN(c4ccc(Nc5cc(Br)cn(C)c5=O)nc4)[C@@H](C)C3)C[C@@H]1CO2. The van der Waals surface area contributed by atoms with Crippen LogP contribution in [0.25, 0.3) is 0 Å². The minimum atomic E-state index is -0.605. The Bertz CT molecular complexity index is 1660. The van der Waals surface area contributed by atoms with Crippen LogP contribution in [0.3, 0.4) is 0 Å². The Balaban J connectivity index is 1.09. The van der Waals surface area contributed by atoms with Gasteiger partial charge in [-0.1, -0.05) is 0 Å². The quantitative estimate of drug-likeness (QED) is 0.383. The number of aromatic nitrogens is 2. The molecular weight excluding hydrogens is 644 g/mol. The van der Waals surface area contributed by atoms with Gasteiger partial charge in [0.2, 0.25) is 0 Å². The number of hydrogen-bond donors (Lipinski definition) is 1. The fraction of sp³-hybridized carbons (Fsp3) is 0.438. The molecule has 2 fully saturated rings. The maximum absolute atomic E-state index is 12.5. The Morgan fingerprint density at radius 2 is 1.78 bits per heavy atom. The number of carbonyl (C=O) groups is 2. The van der Waals surface area contributed by atoms with Crippen LogP contribution in [0.1, 0.15) is 40.5 Å². The molecule has 6 rings (SSSR count). The second-order valence-corrected chi connectivity index (χ2v) is 12.7. The smallest absolute Gasteiger partial charge is 0.338 e. The van der Waals surface area contributed by atoms with Gasteiger partial charge in [-0.25, -0.2) is 14.6 Å². The fourth-order valence-electron chi connectivity index (χ4n) is 6.72. The summed E-state index contributed by atoms with van der Waals surface area (Å²) in [5.74, 6) is 0.00258. The fourth-order valence-corrected chi connectivity index (χ4v) is 7.25. The van der Waals surface area contributed by atoms with E-state index in [4.69, 9.17) is 14.2 Å². The monoisotopic (exact) mass is 680 g/mol. The highest BCUT2D eigenvalue weighted by atomic mass is 79.9. The molecule has 45 heavy (non-hydrogen) atoms. The number of nitrogens with zero attached hydrogens (tertiary/aromatic N) is 5. The van der Waals surface area contributed by atoms with E-state index in [0.717, 1.165) is 54.9 Å². The highest BCUT2D eigenvalue weighted by molar-refractivity contribution is 9.10. The number of esters is 2. The molecule has 0 radical (unpaired) electrons. The molecule has 2 aromatic heterocycles. The van der Waals surface area contributed by atoms with Crippen molar-refractivity contribution in [1.82, 2.24) is 14.5 Å². The van der Waals surface area contributed by atoms with Crippen molar-refractivity contribution < 1.29 is 23.8 Å². The summed E-state index contributed by atoms with van der Waals surface area (Å²) in [6, 6.07) is 9.86. The average molecular weight is 682 g/mol. The van der Waals surface area contributed by atoms with Crippen molar-refractivity contribution in [2.45, 2.75) is 37.9 Å². The highest BCUT2D eigenvalue weighted by Gasteiger charge is 2.39. The summed E-state index contributed by atoms with van der Waals surface area (Å²) in [6.07, 6.45) is 5.50. The summed E-state index contributed by atoms with van der Waals surface area (Å²) in [7, 11) is 4.30. The maximum atomic E-state index is 12.5. The third kappa shape index (κ3) is 6.10. The molecule has 1 aromatic carbocycles. The number of ether oxygens (including phenoxy) is 3. The van der Waals surface area contributed by atoms with E-state index in [2.05, 4.69) is 47.9 Å². The predicted octanol–water partition coefficient (Wildman–Crippen LogP) is 3.80. The number of piperidine rings is 1. The van der Waals surface area contributed by atoms with Crippen molar-refractivity contribution >= 4 is 50.7 Å². The predicted molar refractivity (Wildman–Crippen MR) is 174 cm³/mol. The maximum Gasteiger partial charge on any atom is 0.338 e. The van der Waals surface area contributed by atoms with E-state index in [-0.39, 0.29) is 28.8 Å². The van der Waals surface area contributed by atoms with Crippen molar-refractivity contribution in [3.63, 3.8) is 0 Å². The second-order valence-electron chi connectivity index (χ2n) is 11.7. The summed E-state index contributed by atoms with van der Waals surface area (Å²) < 4.78 is 18.3. The molecule has 3 atom stereocenters. The largest absolute Gasteiger partial charge is 0.489 e. The van der Waals surface area contributed by atoms with Gasteiger partial charge in [-0.05, 0) is 66.0 Å². The Morgan fingerprint density at radius 1 is 1.02 bits per heavy atom. The molecule has 3 aliphatic rings. The average Bonchev–Trinajstić information content (AvgIpc) is 3.05. The first-order valence-electron chi connectivity index (χ1n) is 15.0. The first-order chi connectivity index (χ1) is 21.7. The van der Waals surface area contributed by atoms with Gasteiger partial charge in [-0.3, -0.25) is 9.69 Å². The number of halogens is 1. The summed E-state index contributed by atoms with van der Waals surface area (Å²) in [5.41, 5.74) is 2.51. The van der Waals surface area contributed by atoms with Crippen LogP contribution in [-0.2, 0) is 16.5 Å². The lowest BCUT2D eigenvalue weighted by Crippen LogP contribution is -2.59. The van der Waals surface area contributed by atoms with Gasteiger partial charge in [-0.15, -0.1) is 0 Å². The van der Waals surface area contributed by atoms with Crippen LogP contribution in [0.15, 0.2) is 52.0 Å². The summed E-state index contributed by atoms with van der Waals surface area (Å²) >= 11 is 3.44. The molecule has 0 saturated carbocycles. The minimum absolute atomic E-state index is 0.123. The van der Waals surface area contributed by atoms with Gasteiger partial charge < -0.3 is 33.9 Å². The van der Waals surface area contributed by atoms with E-state index in [1.165, 1.54) is 18.8 Å². The number of aryl methyl sites for hydroxylation is 1. The number of nitrogens with one attached hydrogen (secondary N) is 1. The zero-order valence-electron chi connectivity index (χ0n) is 25.8. The van der Waals surface area contributed by atoms with E-state index in [0.29, 0.717) is 29.9 Å². The minimum Gasteiger partial charge on any atom is -0.489 e. The van der Waals surface area contributed by atoms with Gasteiger partial charge in [0.15, 0.2) is 0 Å². The molecule has 2 saturated heterocycles. The van der Waals surface area contributed by atoms with Gasteiger partial charge in [0.25, 0.3) is 5.56 Å². The van der Waals surface area contributed by atoms with E-state index >= 15 is 0 Å². The van der Waals surface area contributed by atoms with Gasteiger partial charge in [-0.2, -0.15) is 0 Å². The molecule has 0 bridgehead atoms. The van der Waals surface area contributed by atoms with Crippen molar-refractivity contribution in [1.29, 1.82) is 0 Å². The molecule has 0 amide bonds. The molecule has 3 aliphatic heterocycles. The molecule has 0 spiro atoms. The zero-order valence-corrected chi connectivity index (χ0v) is 27.4. The number of carbonyl (C=O) groups excluding carboxylic acids is 2. The van der Waals surface area contributed by atoms with Gasteiger partial charge in [0.05, 0.1) is 49.0 Å². The van der Waals surface area contributed by atoms with Crippen LogP contribution in [-0.4, -0.2) is 91.5 Å². The number of methoxy groups -OCH3 is 2. The van der Waals surface area contributed by atoms with Crippen LogP contribution < -0.4 is 25.4 Å². The molecule has 5 heterocycles. The Morgan fingerprint density at radius 3 is 2.47 bits per heavy atom. The van der Waals surface area contributed by atoms with Crippen LogP contribution >= 0.6 is 15.9 Å². The lowest BCUT2D eigenvalue weighted by atomic mass is 9.92. The van der Waals surface area contributed by atoms with E-state index < -0.39 is 11.9 Å². The number of fused-ring (bicyclic) bond motifs is 3. The number of piperazine rings is 1. The molecule has 12 nitrogen and oxygen atoms in total. The number of pyridine rings is 2. The number of rotatable bonds is 6. The first kappa shape index (κ1) is 30.9. The number of benzene rings is 1. The lowest BCUT2D eigenvalue weighted by Gasteiger charge is -2.50. The molecular formula is C32H37BrN6O6. The Kier molecular flexibility index (Phi) is 8.74. The summed E-state index contributed by atoms with van der Waals surface area (Å²) in [6.45, 7) is 6.31. The van der Waals surface area contributed by atoms with Crippen molar-refractivity contribution in [3.05, 3.63) is 68.7 Å². The standard InChI is InChI=1S/C32H37BrN6O6/c1-19-16-37(9-10-38(19)22-5-6-29(34-15-22)35-26-11-20(33)17-36(2)30(26)40)21-7-8-39-23(12-21)18-45-28-14-25(32(42)44-4)24(13-27(28)39)31(41)43-3/h5-6,11,13-15,17,19,21,23H,7-10,12,16,18H2,1-4H3,(H,34,35)/t19-,21-,23+/m0/s1. The van der Waals surface area contributed by atoms with Crippen molar-refractivity contribution in [2.75, 3.05) is 62.1 Å². The first-order valence-corrected chi connectivity index (χ1v) is 15.8. The highest BCUT2D eigenvalue weighted by Crippen LogP contribution is 2.40. The normalized spacial score (nSPS) is 21.3. The number of anilines is 4. The Labute approximate surface area is 270 Å². The van der Waals surface area contributed by atoms with E-state index in [1.807, 2.05) is 18.3 Å². The van der Waals surface area contributed by atoms with Gasteiger partial charge >= 0.3 is 11.9 Å². The number of hydrogen-bond acceptors (Lipinski definition) is 11. The third-order valence-corrected chi connectivity index (χ3v) is 9.44. The molecule has 13 heteroatoms. The molecule has 238 valence electrons. The molecule has 0 aliphatic carbocycles. The summed E-state index contributed by atoms with van der Waals surface area (Å²) in [4.78, 5) is 49.2. The van der Waals surface area contributed by atoms with Gasteiger partial charge in [0, 0.05) is 56.0 Å². The van der Waals surface area contributed by atoms with Crippen LogP contribution in [0.2, 0.25) is 0 Å². The van der Waals surface area contributed by atoms with Gasteiger partial charge in [0.1, 0.15) is 23.9 Å². The van der Waals surface area contributed by atoms with Crippen LogP contribution in [0.5, 0.6) is 5.75 Å². The topological polar surface area (TPSA) is 118 Å². The lowest BCUT2D eigenvalue weighted by molar-refractivity contribution is 0.0554. The Hall–Kier alpha value is -4.10. The molecule has 1 N–H and O–H groups in total. The van der Waals surface area contributed by atoms with Crippen molar-refractivity contribution in [2.24, 2.45) is 7.05 Å². The third-order valence-electron chi connectivity index (χ3n) is 9.01. The molecule has 0 unspecified atom stereocenters. The second kappa shape index (κ2) is 12.7. The zero-order chi connectivity index (χ0) is 31.8. The summed E-state index contributed by atoms with van der Waals surface area (Å²) in [5, 5.41) is 3.14. The molecule has 3 aromatic rings. The van der Waals surface area contributed by atoms with E-state index in [1.54, 1.807) is 31.4 Å². The van der Waals surface area contributed by atoms with Crippen molar-refractivity contribution in [3.8, 4) is 5.75 Å². The van der Waals surface area contributed by atoms with Crippen LogP contribution in [0, 0.1) is 0 Å².